The maximum atomic E-state index is 4.91. The lowest BCUT2D eigenvalue weighted by molar-refractivity contribution is 0.591. The van der Waals surface area contributed by atoms with Crippen LogP contribution in [0, 0.1) is 17.8 Å². The first kappa shape index (κ1) is 27.1. The molecule has 0 bridgehead atoms. The van der Waals surface area contributed by atoms with Crippen LogP contribution in [0.25, 0.3) is 16.3 Å². The molecule has 1 heterocycles. The molecule has 0 N–H and O–H groups in total. The molecule has 1 heteroatoms. The average molecular weight is 446 g/mol. The molecule has 2 aliphatic rings. The van der Waals surface area contributed by atoms with E-state index >= 15 is 0 Å². The number of nitrogens with zero attached hydrogens (tertiary/aromatic N) is 1. The second-order valence-electron chi connectivity index (χ2n) is 10.5. The van der Waals surface area contributed by atoms with Crippen molar-refractivity contribution in [2.75, 3.05) is 0 Å². The van der Waals surface area contributed by atoms with Crippen LogP contribution in [0.4, 0.5) is 0 Å². The molecule has 2 aliphatic carbocycles. The van der Waals surface area contributed by atoms with Gasteiger partial charge in [0.15, 0.2) is 0 Å². The number of aromatic nitrogens is 1. The minimum Gasteiger partial charge on any atom is -0.256 e. The zero-order valence-corrected chi connectivity index (χ0v) is 22.9. The number of fused-ring (bicyclic) bond motifs is 1. The Hall–Kier alpha value is -2.15. The third kappa shape index (κ3) is 5.86. The van der Waals surface area contributed by atoms with Crippen molar-refractivity contribution >= 4 is 16.3 Å². The highest BCUT2D eigenvalue weighted by atomic mass is 14.7. The van der Waals surface area contributed by atoms with Gasteiger partial charge in [0.2, 0.25) is 0 Å². The normalized spacial score (nSPS) is 18.5. The van der Waals surface area contributed by atoms with Gasteiger partial charge < -0.3 is 0 Å². The number of rotatable bonds is 4. The monoisotopic (exact) mass is 445 g/mol. The van der Waals surface area contributed by atoms with Crippen molar-refractivity contribution in [3.8, 4) is 0 Å². The molecular weight excluding hydrogens is 398 g/mol. The Labute approximate surface area is 204 Å². The van der Waals surface area contributed by atoms with E-state index in [0.29, 0.717) is 11.8 Å². The Balaban J connectivity index is 0.000000489. The number of hydrogen-bond acceptors (Lipinski definition) is 1. The third-order valence-corrected chi connectivity index (χ3v) is 6.88. The molecule has 1 atom stereocenters. The predicted octanol–water partition coefficient (Wildman–Crippen LogP) is 9.93. The van der Waals surface area contributed by atoms with E-state index in [1.807, 2.05) is 20.0 Å². The smallest absolute Gasteiger partial charge is 0.0749 e. The first-order valence-corrected chi connectivity index (χ1v) is 13.1. The third-order valence-electron chi connectivity index (χ3n) is 6.88. The lowest BCUT2D eigenvalue weighted by Crippen LogP contribution is -2.30. The van der Waals surface area contributed by atoms with E-state index in [2.05, 4.69) is 97.9 Å². The zero-order chi connectivity index (χ0) is 24.8. The van der Waals surface area contributed by atoms with Crippen molar-refractivity contribution in [1.29, 1.82) is 0 Å². The first-order chi connectivity index (χ1) is 15.7. The van der Waals surface area contributed by atoms with Gasteiger partial charge in [-0.05, 0) is 65.7 Å². The molecule has 1 aromatic heterocycles. The van der Waals surface area contributed by atoms with E-state index in [0.717, 1.165) is 18.8 Å². The summed E-state index contributed by atoms with van der Waals surface area (Å²) < 4.78 is 0. The molecule has 0 saturated heterocycles. The van der Waals surface area contributed by atoms with Gasteiger partial charge in [-0.1, -0.05) is 111 Å². The summed E-state index contributed by atoms with van der Waals surface area (Å²) in [6, 6.07) is 8.88. The summed E-state index contributed by atoms with van der Waals surface area (Å²) in [7, 11) is 0. The van der Waals surface area contributed by atoms with Gasteiger partial charge in [0.25, 0.3) is 0 Å². The molecule has 0 aliphatic heterocycles. The molecule has 0 spiro atoms. The minimum absolute atomic E-state index is 0.0197. The first-order valence-electron chi connectivity index (χ1n) is 13.1. The minimum atomic E-state index is 0.0197. The van der Waals surface area contributed by atoms with Crippen LogP contribution in [0.2, 0.25) is 0 Å². The Morgan fingerprint density at radius 2 is 1.76 bits per heavy atom. The standard InChI is InChI=1S/C25H29N.C5H12.C2H6/c1-16(2)8-6-9-18-13-12-17(3)23-22(18)24-21-19(14-15-26-24)10-7-11-20(21)25(23,4)5;1-4-5(2)3;1-2/h6-8,10-12,14-16,18H,9,13H2,1-5H3;5H,4H2,1-3H3;1-2H3. The average Bonchev–Trinajstić information content (AvgIpc) is 2.79. The van der Waals surface area contributed by atoms with Crippen molar-refractivity contribution in [3.63, 3.8) is 0 Å². The van der Waals surface area contributed by atoms with E-state index in [4.69, 9.17) is 4.98 Å². The van der Waals surface area contributed by atoms with Crippen molar-refractivity contribution in [1.82, 2.24) is 4.98 Å². The van der Waals surface area contributed by atoms with Gasteiger partial charge in [-0.2, -0.15) is 0 Å². The van der Waals surface area contributed by atoms with Crippen LogP contribution in [0.3, 0.4) is 0 Å². The summed E-state index contributed by atoms with van der Waals surface area (Å²) in [5.74, 6) is 2.01. The van der Waals surface area contributed by atoms with Crippen molar-refractivity contribution in [2.24, 2.45) is 17.8 Å². The van der Waals surface area contributed by atoms with Crippen LogP contribution in [-0.4, -0.2) is 4.98 Å². The van der Waals surface area contributed by atoms with Gasteiger partial charge in [0.1, 0.15) is 0 Å². The van der Waals surface area contributed by atoms with Crippen LogP contribution in [0.1, 0.15) is 99.8 Å². The van der Waals surface area contributed by atoms with Crippen LogP contribution >= 0.6 is 0 Å². The highest BCUT2D eigenvalue weighted by Crippen LogP contribution is 2.53. The Kier molecular flexibility index (Phi) is 9.70. The van der Waals surface area contributed by atoms with Crippen LogP contribution < -0.4 is 0 Å². The molecule has 33 heavy (non-hydrogen) atoms. The maximum absolute atomic E-state index is 4.91. The van der Waals surface area contributed by atoms with Crippen LogP contribution in [0.15, 0.2) is 59.8 Å². The number of pyridine rings is 1. The highest BCUT2D eigenvalue weighted by Gasteiger charge is 2.40. The van der Waals surface area contributed by atoms with Gasteiger partial charge in [-0.15, -0.1) is 0 Å². The molecule has 0 fully saturated rings. The fourth-order valence-corrected chi connectivity index (χ4v) is 4.92. The molecular formula is C32H47N. The second kappa shape index (κ2) is 11.8. The SMILES string of the molecule is CC.CC1=CCC(CC=CC(C)C)C2=C1C(C)(C)c1cccc3ccnc2c13.CCC(C)C. The molecule has 0 radical (unpaired) electrons. The molecule has 0 amide bonds. The summed E-state index contributed by atoms with van der Waals surface area (Å²) in [5.41, 5.74) is 7.10. The lowest BCUT2D eigenvalue weighted by Gasteiger charge is -2.41. The van der Waals surface area contributed by atoms with E-state index in [1.54, 1.807) is 0 Å². The summed E-state index contributed by atoms with van der Waals surface area (Å²) in [4.78, 5) is 4.91. The summed E-state index contributed by atoms with van der Waals surface area (Å²) in [6.07, 6.45) is 12.7. The Morgan fingerprint density at radius 3 is 2.36 bits per heavy atom. The topological polar surface area (TPSA) is 12.9 Å². The van der Waals surface area contributed by atoms with Gasteiger partial charge in [-0.25, -0.2) is 0 Å². The van der Waals surface area contributed by atoms with Gasteiger partial charge in [-0.3, -0.25) is 4.98 Å². The van der Waals surface area contributed by atoms with Crippen LogP contribution in [0.5, 0.6) is 0 Å². The number of benzene rings is 1. The number of allylic oxidation sites excluding steroid dienone is 6. The fourth-order valence-electron chi connectivity index (χ4n) is 4.92. The molecule has 2 aromatic rings. The quantitative estimate of drug-likeness (QED) is 0.427. The van der Waals surface area contributed by atoms with Gasteiger partial charge >= 0.3 is 0 Å². The molecule has 1 nitrogen and oxygen atoms in total. The second-order valence-corrected chi connectivity index (χ2v) is 10.5. The van der Waals surface area contributed by atoms with Crippen LogP contribution in [-0.2, 0) is 5.41 Å². The summed E-state index contributed by atoms with van der Waals surface area (Å²) >= 11 is 0. The fraction of sp³-hybridized carbons (Fsp3) is 0.531. The predicted molar refractivity (Wildman–Crippen MR) is 149 cm³/mol. The molecule has 4 rings (SSSR count). The van der Waals surface area contributed by atoms with E-state index in [-0.39, 0.29) is 5.41 Å². The largest absolute Gasteiger partial charge is 0.256 e. The zero-order valence-electron chi connectivity index (χ0n) is 22.9. The van der Waals surface area contributed by atoms with E-state index in [1.165, 1.54) is 45.2 Å². The summed E-state index contributed by atoms with van der Waals surface area (Å²) in [5, 5.41) is 2.68. The molecule has 180 valence electrons. The van der Waals surface area contributed by atoms with E-state index in [9.17, 15) is 0 Å². The van der Waals surface area contributed by atoms with Gasteiger partial charge in [0, 0.05) is 17.0 Å². The lowest BCUT2D eigenvalue weighted by atomic mass is 9.63. The molecule has 1 aromatic carbocycles. The van der Waals surface area contributed by atoms with Crippen molar-refractivity contribution < 1.29 is 0 Å². The number of hydrogen-bond donors (Lipinski definition) is 0. The van der Waals surface area contributed by atoms with Crippen molar-refractivity contribution in [3.05, 3.63) is 71.1 Å². The highest BCUT2D eigenvalue weighted by molar-refractivity contribution is 6.00. The molecule has 1 unspecified atom stereocenters. The van der Waals surface area contributed by atoms with E-state index < -0.39 is 0 Å². The Morgan fingerprint density at radius 1 is 1.09 bits per heavy atom. The Bertz CT molecular complexity index is 1010. The van der Waals surface area contributed by atoms with Gasteiger partial charge in [0.05, 0.1) is 5.69 Å². The van der Waals surface area contributed by atoms with Crippen molar-refractivity contribution in [2.45, 2.75) is 93.9 Å². The summed E-state index contributed by atoms with van der Waals surface area (Å²) in [6.45, 7) is 22.2. The maximum Gasteiger partial charge on any atom is 0.0749 e. The molecule has 0 saturated carbocycles.